The summed E-state index contributed by atoms with van der Waals surface area (Å²) in [5, 5.41) is 13.4. The van der Waals surface area contributed by atoms with Crippen LogP contribution in [0.3, 0.4) is 0 Å². The molecule has 1 N–H and O–H groups in total. The molecule has 0 aliphatic rings. The minimum atomic E-state index is -1.47. The molecular formula is C16H10ClFN2O3. The van der Waals surface area contributed by atoms with Crippen LogP contribution < -0.4 is 4.74 Å². The number of aromatic nitrogens is 2. The number of carboxylic acid groups (broad SMARTS) is 1. The van der Waals surface area contributed by atoms with Gasteiger partial charge in [0.25, 0.3) is 0 Å². The van der Waals surface area contributed by atoms with E-state index in [0.29, 0.717) is 16.4 Å². The fourth-order valence-corrected chi connectivity index (χ4v) is 2.32. The first kappa shape index (κ1) is 15.1. The standard InChI is InChI=1S/C16H10ClFN2O3/c17-11-3-1-2-10(8-11)14-9-15(23-16(21)22)19-20(14)13-6-4-12(18)5-7-13/h1-9H,(H,21,22). The molecule has 3 aromatic rings. The molecule has 0 atom stereocenters. The summed E-state index contributed by atoms with van der Waals surface area (Å²) in [7, 11) is 0. The number of halogens is 2. The average molecular weight is 333 g/mol. The molecule has 23 heavy (non-hydrogen) atoms. The van der Waals surface area contributed by atoms with Gasteiger partial charge < -0.3 is 9.84 Å². The predicted molar refractivity (Wildman–Crippen MR) is 82.6 cm³/mol. The van der Waals surface area contributed by atoms with Crippen LogP contribution in [0.25, 0.3) is 16.9 Å². The summed E-state index contributed by atoms with van der Waals surface area (Å²) in [5.74, 6) is -0.468. The van der Waals surface area contributed by atoms with E-state index in [1.165, 1.54) is 35.0 Å². The molecule has 0 saturated heterocycles. The van der Waals surface area contributed by atoms with Gasteiger partial charge in [0.15, 0.2) is 0 Å². The van der Waals surface area contributed by atoms with Gasteiger partial charge in [0, 0.05) is 16.7 Å². The Labute approximate surface area is 135 Å². The van der Waals surface area contributed by atoms with Gasteiger partial charge in [-0.2, -0.15) is 0 Å². The molecular weight excluding hydrogens is 323 g/mol. The zero-order valence-corrected chi connectivity index (χ0v) is 12.4. The number of carbonyl (C=O) groups is 1. The van der Waals surface area contributed by atoms with E-state index in [9.17, 15) is 9.18 Å². The predicted octanol–water partition coefficient (Wildman–Crippen LogP) is 4.39. The molecule has 0 unspecified atom stereocenters. The number of rotatable bonds is 3. The second kappa shape index (κ2) is 6.10. The van der Waals surface area contributed by atoms with Gasteiger partial charge in [-0.05, 0) is 36.4 Å². The van der Waals surface area contributed by atoms with Crippen LogP contribution in [-0.2, 0) is 0 Å². The molecule has 0 spiro atoms. The van der Waals surface area contributed by atoms with Crippen molar-refractivity contribution in [2.75, 3.05) is 0 Å². The van der Waals surface area contributed by atoms with Gasteiger partial charge >= 0.3 is 6.16 Å². The molecule has 0 radical (unpaired) electrons. The van der Waals surface area contributed by atoms with Gasteiger partial charge in [0.1, 0.15) is 5.82 Å². The van der Waals surface area contributed by atoms with Gasteiger partial charge in [-0.3, -0.25) is 0 Å². The molecule has 0 amide bonds. The van der Waals surface area contributed by atoms with Crippen LogP contribution in [-0.4, -0.2) is 21.0 Å². The SMILES string of the molecule is O=C(O)Oc1cc(-c2cccc(Cl)c2)n(-c2ccc(F)cc2)n1. The van der Waals surface area contributed by atoms with Crippen molar-refractivity contribution in [3.63, 3.8) is 0 Å². The third-order valence-electron chi connectivity index (χ3n) is 3.07. The van der Waals surface area contributed by atoms with Gasteiger partial charge in [-0.15, -0.1) is 5.10 Å². The number of nitrogens with zero attached hydrogens (tertiary/aromatic N) is 2. The van der Waals surface area contributed by atoms with E-state index in [1.54, 1.807) is 24.3 Å². The summed E-state index contributed by atoms with van der Waals surface area (Å²) in [6, 6.07) is 14.1. The van der Waals surface area contributed by atoms with Crippen LogP contribution in [0.1, 0.15) is 0 Å². The van der Waals surface area contributed by atoms with Crippen LogP contribution in [0.15, 0.2) is 54.6 Å². The molecule has 1 aromatic heterocycles. The molecule has 0 aliphatic heterocycles. The van der Waals surface area contributed by atoms with E-state index in [0.717, 1.165) is 5.56 Å². The molecule has 116 valence electrons. The van der Waals surface area contributed by atoms with Crippen molar-refractivity contribution in [2.45, 2.75) is 0 Å². The van der Waals surface area contributed by atoms with Crippen molar-refractivity contribution in [2.24, 2.45) is 0 Å². The number of hydrogen-bond acceptors (Lipinski definition) is 3. The second-order valence-corrected chi connectivity index (χ2v) is 5.07. The maximum Gasteiger partial charge on any atom is 0.512 e. The monoisotopic (exact) mass is 332 g/mol. The Hall–Kier alpha value is -2.86. The van der Waals surface area contributed by atoms with Crippen LogP contribution in [0.5, 0.6) is 5.88 Å². The fourth-order valence-electron chi connectivity index (χ4n) is 2.13. The zero-order valence-electron chi connectivity index (χ0n) is 11.6. The van der Waals surface area contributed by atoms with E-state index >= 15 is 0 Å². The smallest absolute Gasteiger partial charge is 0.449 e. The summed E-state index contributed by atoms with van der Waals surface area (Å²) >= 11 is 6.00. The third-order valence-corrected chi connectivity index (χ3v) is 3.31. The molecule has 7 heteroatoms. The summed E-state index contributed by atoms with van der Waals surface area (Å²) in [6.45, 7) is 0. The Kier molecular flexibility index (Phi) is 3.99. The van der Waals surface area contributed by atoms with Crippen molar-refractivity contribution >= 4 is 17.8 Å². The first-order valence-corrected chi connectivity index (χ1v) is 6.93. The van der Waals surface area contributed by atoms with Crippen LogP contribution in [0.4, 0.5) is 9.18 Å². The van der Waals surface area contributed by atoms with Gasteiger partial charge in [0.05, 0.1) is 11.4 Å². The fraction of sp³-hybridized carbons (Fsp3) is 0. The first-order chi connectivity index (χ1) is 11.0. The molecule has 0 aliphatic carbocycles. The topological polar surface area (TPSA) is 64.3 Å². The van der Waals surface area contributed by atoms with E-state index in [1.807, 2.05) is 0 Å². The van der Waals surface area contributed by atoms with E-state index < -0.39 is 6.16 Å². The Balaban J connectivity index is 2.14. The highest BCUT2D eigenvalue weighted by Gasteiger charge is 2.15. The van der Waals surface area contributed by atoms with E-state index in [4.69, 9.17) is 16.7 Å². The molecule has 0 bridgehead atoms. The normalized spacial score (nSPS) is 10.5. The number of ether oxygens (including phenoxy) is 1. The van der Waals surface area contributed by atoms with E-state index in [2.05, 4.69) is 9.84 Å². The van der Waals surface area contributed by atoms with Gasteiger partial charge in [-0.1, -0.05) is 23.7 Å². The summed E-state index contributed by atoms with van der Waals surface area (Å²) in [6.07, 6.45) is -1.47. The quantitative estimate of drug-likeness (QED) is 0.722. The minimum Gasteiger partial charge on any atom is -0.449 e. The van der Waals surface area contributed by atoms with Gasteiger partial charge in [-0.25, -0.2) is 13.9 Å². The molecule has 0 fully saturated rings. The number of benzene rings is 2. The lowest BCUT2D eigenvalue weighted by atomic mass is 10.1. The molecule has 2 aromatic carbocycles. The average Bonchev–Trinajstić information content (AvgIpc) is 2.91. The van der Waals surface area contributed by atoms with E-state index in [-0.39, 0.29) is 11.7 Å². The van der Waals surface area contributed by atoms with Crippen molar-refractivity contribution in [3.05, 3.63) is 65.4 Å². The van der Waals surface area contributed by atoms with Crippen LogP contribution in [0, 0.1) is 5.82 Å². The van der Waals surface area contributed by atoms with Crippen molar-refractivity contribution < 1.29 is 19.0 Å². The Morgan fingerprint density at radius 1 is 1.17 bits per heavy atom. The molecule has 3 rings (SSSR count). The maximum absolute atomic E-state index is 13.1. The highest BCUT2D eigenvalue weighted by molar-refractivity contribution is 6.30. The maximum atomic E-state index is 13.1. The Morgan fingerprint density at radius 2 is 1.91 bits per heavy atom. The van der Waals surface area contributed by atoms with Crippen LogP contribution >= 0.6 is 11.6 Å². The lowest BCUT2D eigenvalue weighted by molar-refractivity contribution is 0.142. The highest BCUT2D eigenvalue weighted by atomic mass is 35.5. The summed E-state index contributed by atoms with van der Waals surface area (Å²) in [5.41, 5.74) is 1.84. The Bertz CT molecular complexity index is 862. The third kappa shape index (κ3) is 3.32. The molecule has 1 heterocycles. The second-order valence-electron chi connectivity index (χ2n) is 4.63. The van der Waals surface area contributed by atoms with Crippen LogP contribution in [0.2, 0.25) is 5.02 Å². The Morgan fingerprint density at radius 3 is 2.57 bits per heavy atom. The molecule has 5 nitrogen and oxygen atoms in total. The lowest BCUT2D eigenvalue weighted by Crippen LogP contribution is -2.04. The highest BCUT2D eigenvalue weighted by Crippen LogP contribution is 2.28. The largest absolute Gasteiger partial charge is 0.512 e. The lowest BCUT2D eigenvalue weighted by Gasteiger charge is -2.07. The van der Waals surface area contributed by atoms with Gasteiger partial charge in [0.2, 0.25) is 5.88 Å². The van der Waals surface area contributed by atoms with Crippen molar-refractivity contribution in [1.29, 1.82) is 0 Å². The summed E-state index contributed by atoms with van der Waals surface area (Å²) in [4.78, 5) is 10.7. The molecule has 0 saturated carbocycles. The first-order valence-electron chi connectivity index (χ1n) is 6.55. The van der Waals surface area contributed by atoms with Crippen molar-refractivity contribution in [3.8, 4) is 22.8 Å². The zero-order chi connectivity index (χ0) is 16.4. The minimum absolute atomic E-state index is 0.0863. The summed E-state index contributed by atoms with van der Waals surface area (Å²) < 4.78 is 19.2. The number of hydrogen-bond donors (Lipinski definition) is 1. The van der Waals surface area contributed by atoms with Crippen molar-refractivity contribution in [1.82, 2.24) is 9.78 Å².